The van der Waals surface area contributed by atoms with Crippen molar-refractivity contribution in [2.75, 3.05) is 0 Å². The van der Waals surface area contributed by atoms with Gasteiger partial charge in [0.25, 0.3) is 0 Å². The molecule has 0 aromatic rings. The summed E-state index contributed by atoms with van der Waals surface area (Å²) in [5.41, 5.74) is 0. The van der Waals surface area contributed by atoms with Gasteiger partial charge in [0.15, 0.2) is 0 Å². The summed E-state index contributed by atoms with van der Waals surface area (Å²) in [6, 6.07) is 0. The van der Waals surface area contributed by atoms with E-state index < -0.39 is 0 Å². The van der Waals surface area contributed by atoms with Crippen LogP contribution in [0.3, 0.4) is 0 Å². The maximum Gasteiger partial charge on any atom is 0.133 e. The SMILES string of the molecule is O=C1CC[C@H]2[C@H](CC[C@@H]3[C@@H]2CC[C@@H]2C[C@@H](O)CC[C@H]23)C1. The molecule has 0 bridgehead atoms. The molecule has 2 heteroatoms. The van der Waals surface area contributed by atoms with Crippen molar-refractivity contribution in [3.63, 3.8) is 0 Å². The maximum absolute atomic E-state index is 11.7. The Bertz CT molecular complexity index is 391. The van der Waals surface area contributed by atoms with Gasteiger partial charge in [0.2, 0.25) is 0 Å². The summed E-state index contributed by atoms with van der Waals surface area (Å²) in [6.45, 7) is 0. The van der Waals surface area contributed by atoms with Crippen LogP contribution in [0.1, 0.15) is 64.2 Å². The van der Waals surface area contributed by atoms with Crippen LogP contribution < -0.4 is 0 Å². The lowest BCUT2D eigenvalue weighted by Gasteiger charge is -2.54. The van der Waals surface area contributed by atoms with E-state index in [1.54, 1.807) is 0 Å². The quantitative estimate of drug-likeness (QED) is 0.734. The van der Waals surface area contributed by atoms with Crippen LogP contribution >= 0.6 is 0 Å². The van der Waals surface area contributed by atoms with Crippen LogP contribution in [0.25, 0.3) is 0 Å². The zero-order valence-electron chi connectivity index (χ0n) is 12.5. The van der Waals surface area contributed by atoms with Gasteiger partial charge in [-0.2, -0.15) is 0 Å². The first-order valence-electron chi connectivity index (χ1n) is 8.92. The van der Waals surface area contributed by atoms with Gasteiger partial charge in [-0.05, 0) is 86.9 Å². The van der Waals surface area contributed by atoms with Crippen LogP contribution in [-0.2, 0) is 4.79 Å². The summed E-state index contributed by atoms with van der Waals surface area (Å²) in [6.07, 6.45) is 11.7. The van der Waals surface area contributed by atoms with E-state index in [1.807, 2.05) is 0 Å². The highest BCUT2D eigenvalue weighted by Crippen LogP contribution is 2.56. The van der Waals surface area contributed by atoms with Crippen molar-refractivity contribution in [1.82, 2.24) is 0 Å². The third-order valence-electron chi connectivity index (χ3n) is 7.26. The molecule has 4 aliphatic rings. The van der Waals surface area contributed by atoms with E-state index in [9.17, 15) is 9.90 Å². The first-order chi connectivity index (χ1) is 9.72. The molecule has 7 atom stereocenters. The Morgan fingerprint density at radius 1 is 0.750 bits per heavy atom. The summed E-state index contributed by atoms with van der Waals surface area (Å²) in [5, 5.41) is 9.92. The van der Waals surface area contributed by atoms with Gasteiger partial charge in [-0.3, -0.25) is 4.79 Å². The molecular formula is C18H28O2. The Labute approximate surface area is 122 Å². The van der Waals surface area contributed by atoms with Crippen LogP contribution in [0.15, 0.2) is 0 Å². The van der Waals surface area contributed by atoms with Gasteiger partial charge >= 0.3 is 0 Å². The van der Waals surface area contributed by atoms with Crippen LogP contribution in [0.2, 0.25) is 0 Å². The Morgan fingerprint density at radius 3 is 2.20 bits per heavy atom. The Balaban J connectivity index is 1.51. The number of hydrogen-bond acceptors (Lipinski definition) is 2. The molecule has 2 nitrogen and oxygen atoms in total. The highest BCUT2D eigenvalue weighted by Gasteiger charge is 2.49. The van der Waals surface area contributed by atoms with Crippen molar-refractivity contribution < 1.29 is 9.90 Å². The minimum atomic E-state index is -0.0172. The summed E-state index contributed by atoms with van der Waals surface area (Å²) in [5.74, 6) is 5.66. The lowest BCUT2D eigenvalue weighted by atomic mass is 9.51. The van der Waals surface area contributed by atoms with E-state index in [-0.39, 0.29) is 6.10 Å². The van der Waals surface area contributed by atoms with Gasteiger partial charge in [0, 0.05) is 12.8 Å². The smallest absolute Gasteiger partial charge is 0.133 e. The molecule has 0 unspecified atom stereocenters. The molecule has 0 radical (unpaired) electrons. The fraction of sp³-hybridized carbons (Fsp3) is 0.944. The fourth-order valence-electron chi connectivity index (χ4n) is 6.45. The third-order valence-corrected chi connectivity index (χ3v) is 7.26. The van der Waals surface area contributed by atoms with E-state index in [4.69, 9.17) is 0 Å². The Hall–Kier alpha value is -0.370. The summed E-state index contributed by atoms with van der Waals surface area (Å²) in [4.78, 5) is 11.7. The normalized spacial score (nSPS) is 51.9. The summed E-state index contributed by atoms with van der Waals surface area (Å²) < 4.78 is 0. The highest BCUT2D eigenvalue weighted by atomic mass is 16.3. The summed E-state index contributed by atoms with van der Waals surface area (Å²) >= 11 is 0. The van der Waals surface area contributed by atoms with Crippen molar-refractivity contribution in [1.29, 1.82) is 0 Å². The Morgan fingerprint density at radius 2 is 1.40 bits per heavy atom. The van der Waals surface area contributed by atoms with Gasteiger partial charge in [0.05, 0.1) is 6.10 Å². The molecule has 20 heavy (non-hydrogen) atoms. The molecule has 0 saturated heterocycles. The molecule has 0 heterocycles. The number of rotatable bonds is 0. The summed E-state index contributed by atoms with van der Waals surface area (Å²) in [7, 11) is 0. The van der Waals surface area contributed by atoms with E-state index >= 15 is 0 Å². The van der Waals surface area contributed by atoms with E-state index in [1.165, 1.54) is 38.5 Å². The predicted octanol–water partition coefficient (Wildman–Crippen LogP) is 3.57. The zero-order chi connectivity index (χ0) is 13.7. The molecule has 112 valence electrons. The molecule has 4 fully saturated rings. The molecule has 0 aromatic heterocycles. The largest absolute Gasteiger partial charge is 0.393 e. The first-order valence-corrected chi connectivity index (χ1v) is 8.92. The average molecular weight is 276 g/mol. The molecule has 4 saturated carbocycles. The van der Waals surface area contributed by atoms with Crippen molar-refractivity contribution >= 4 is 5.78 Å². The molecule has 4 aliphatic carbocycles. The van der Waals surface area contributed by atoms with E-state index in [0.717, 1.165) is 61.2 Å². The minimum absolute atomic E-state index is 0.0172. The highest BCUT2D eigenvalue weighted by molar-refractivity contribution is 5.79. The van der Waals surface area contributed by atoms with Crippen molar-refractivity contribution in [3.8, 4) is 0 Å². The Kier molecular flexibility index (Phi) is 3.41. The molecule has 1 N–H and O–H groups in total. The van der Waals surface area contributed by atoms with Crippen molar-refractivity contribution in [2.45, 2.75) is 70.3 Å². The fourth-order valence-corrected chi connectivity index (χ4v) is 6.45. The zero-order valence-corrected chi connectivity index (χ0v) is 12.5. The van der Waals surface area contributed by atoms with Gasteiger partial charge in [0.1, 0.15) is 5.78 Å². The lowest BCUT2D eigenvalue weighted by molar-refractivity contribution is -0.127. The van der Waals surface area contributed by atoms with Crippen LogP contribution in [-0.4, -0.2) is 17.0 Å². The average Bonchev–Trinajstić information content (AvgIpc) is 2.45. The van der Waals surface area contributed by atoms with Gasteiger partial charge in [-0.1, -0.05) is 0 Å². The van der Waals surface area contributed by atoms with Crippen LogP contribution in [0.5, 0.6) is 0 Å². The van der Waals surface area contributed by atoms with Gasteiger partial charge < -0.3 is 5.11 Å². The van der Waals surface area contributed by atoms with Crippen LogP contribution in [0.4, 0.5) is 0 Å². The van der Waals surface area contributed by atoms with Gasteiger partial charge in [-0.15, -0.1) is 0 Å². The lowest BCUT2D eigenvalue weighted by Crippen LogP contribution is -2.47. The molecule has 0 amide bonds. The van der Waals surface area contributed by atoms with Crippen molar-refractivity contribution in [3.05, 3.63) is 0 Å². The second-order valence-electron chi connectivity index (χ2n) is 8.08. The monoisotopic (exact) mass is 276 g/mol. The van der Waals surface area contributed by atoms with Crippen LogP contribution in [0, 0.1) is 35.5 Å². The second-order valence-corrected chi connectivity index (χ2v) is 8.08. The second kappa shape index (κ2) is 5.12. The van der Waals surface area contributed by atoms with E-state index in [2.05, 4.69) is 0 Å². The van der Waals surface area contributed by atoms with Gasteiger partial charge in [-0.25, -0.2) is 0 Å². The number of Topliss-reactive ketones (excluding diaryl/α,β-unsaturated/α-hetero) is 1. The maximum atomic E-state index is 11.7. The number of fused-ring (bicyclic) bond motifs is 5. The molecule has 0 aliphatic heterocycles. The topological polar surface area (TPSA) is 37.3 Å². The number of aliphatic hydroxyl groups excluding tert-OH is 1. The predicted molar refractivity (Wildman–Crippen MR) is 78.1 cm³/mol. The minimum Gasteiger partial charge on any atom is -0.393 e. The number of carbonyl (C=O) groups is 1. The molecule has 0 spiro atoms. The standard InChI is InChI=1S/C18H28O2/c19-13-3-7-15-11(9-13)1-5-17-16-8-4-14(20)10-12(16)2-6-18(15)17/h11-13,15-19H,1-10H2/t11-,12-,13+,15-,16+,17-,18+/m1/s1. The first kappa shape index (κ1) is 13.3. The number of ketones is 1. The van der Waals surface area contributed by atoms with Crippen molar-refractivity contribution in [2.24, 2.45) is 35.5 Å². The molecule has 0 aromatic carbocycles. The number of hydrogen-bond donors (Lipinski definition) is 1. The number of aliphatic hydroxyl groups is 1. The van der Waals surface area contributed by atoms with E-state index in [0.29, 0.717) is 5.78 Å². The molecule has 4 rings (SSSR count). The third kappa shape index (κ3) is 2.15. The molecular weight excluding hydrogens is 248 g/mol. The number of carbonyl (C=O) groups excluding carboxylic acids is 1.